The highest BCUT2D eigenvalue weighted by Crippen LogP contribution is 2.10. The Balaban J connectivity index is 2.49. The quantitative estimate of drug-likeness (QED) is 0.728. The number of esters is 1. The minimum Gasteiger partial charge on any atom is -0.460 e. The van der Waals surface area contributed by atoms with Gasteiger partial charge in [-0.3, -0.25) is 4.40 Å². The molecule has 78 valence electrons. The van der Waals surface area contributed by atoms with Crippen LogP contribution in [-0.2, 0) is 4.74 Å². The largest absolute Gasteiger partial charge is 0.460 e. The van der Waals surface area contributed by atoms with Crippen LogP contribution >= 0.6 is 11.6 Å². The minimum absolute atomic E-state index is 0.0203. The van der Waals surface area contributed by atoms with Crippen molar-refractivity contribution >= 4 is 23.2 Å². The maximum Gasteiger partial charge on any atom is 0.376 e. The Kier molecular flexibility index (Phi) is 2.55. The highest BCUT2D eigenvalue weighted by molar-refractivity contribution is 6.28. The van der Waals surface area contributed by atoms with Crippen LogP contribution in [0.3, 0.4) is 0 Å². The molecule has 2 heterocycles. The van der Waals surface area contributed by atoms with Gasteiger partial charge in [-0.25, -0.2) is 9.78 Å². The molecule has 0 saturated heterocycles. The molecule has 2 rings (SSSR count). The first-order valence-corrected chi connectivity index (χ1v) is 4.78. The number of carbonyl (C=O) groups excluding carboxylic acids is 1. The summed E-state index contributed by atoms with van der Waals surface area (Å²) in [6.45, 7) is 2.00. The molecule has 0 unspecified atom stereocenters. The van der Waals surface area contributed by atoms with Gasteiger partial charge in [-0.15, -0.1) is 0 Å². The van der Waals surface area contributed by atoms with Gasteiger partial charge in [0.15, 0.2) is 0 Å². The molecule has 0 aliphatic heterocycles. The van der Waals surface area contributed by atoms with E-state index in [1.54, 1.807) is 29.7 Å². The van der Waals surface area contributed by atoms with E-state index in [0.29, 0.717) is 5.65 Å². The zero-order chi connectivity index (χ0) is 10.8. The summed E-state index contributed by atoms with van der Waals surface area (Å²) < 4.78 is 6.35. The van der Waals surface area contributed by atoms with Gasteiger partial charge in [0, 0.05) is 6.20 Å². The third kappa shape index (κ3) is 1.78. The predicted octanol–water partition coefficient (Wildman–Crippen LogP) is 1.56. The van der Waals surface area contributed by atoms with Gasteiger partial charge in [-0.2, -0.15) is 4.98 Å². The lowest BCUT2D eigenvalue weighted by Gasteiger charge is -2.02. The number of nitrogens with zero attached hydrogens (tertiary/aromatic N) is 3. The van der Waals surface area contributed by atoms with E-state index in [0.717, 1.165) is 0 Å². The molecular weight excluding hydrogens is 218 g/mol. The van der Waals surface area contributed by atoms with Crippen LogP contribution in [0.2, 0.25) is 5.28 Å². The highest BCUT2D eigenvalue weighted by atomic mass is 35.5. The van der Waals surface area contributed by atoms with E-state index in [9.17, 15) is 4.79 Å². The maximum absolute atomic E-state index is 11.3. The predicted molar refractivity (Wildman–Crippen MR) is 54.0 cm³/mol. The summed E-state index contributed by atoms with van der Waals surface area (Å²) >= 11 is 5.85. The lowest BCUT2D eigenvalue weighted by Crippen LogP contribution is -2.11. The van der Waals surface area contributed by atoms with Crippen molar-refractivity contribution in [2.75, 3.05) is 6.61 Å². The van der Waals surface area contributed by atoms with Crippen molar-refractivity contribution in [3.63, 3.8) is 0 Å². The molecular formula is C9H8ClN3O2. The number of ether oxygens (including phenoxy) is 1. The van der Waals surface area contributed by atoms with Gasteiger partial charge in [-0.1, -0.05) is 0 Å². The number of rotatable bonds is 2. The second-order valence-corrected chi connectivity index (χ2v) is 3.11. The van der Waals surface area contributed by atoms with Crippen molar-refractivity contribution in [1.29, 1.82) is 0 Å². The average molecular weight is 226 g/mol. The molecule has 0 spiro atoms. The van der Waals surface area contributed by atoms with Gasteiger partial charge in [0.25, 0.3) is 0 Å². The van der Waals surface area contributed by atoms with Crippen molar-refractivity contribution in [1.82, 2.24) is 14.4 Å². The van der Waals surface area contributed by atoms with E-state index in [4.69, 9.17) is 16.3 Å². The summed E-state index contributed by atoms with van der Waals surface area (Å²) in [6.07, 6.45) is 1.71. The van der Waals surface area contributed by atoms with Crippen LogP contribution in [0.25, 0.3) is 5.65 Å². The van der Waals surface area contributed by atoms with E-state index in [-0.39, 0.29) is 17.7 Å². The monoisotopic (exact) mass is 225 g/mol. The van der Waals surface area contributed by atoms with Gasteiger partial charge >= 0.3 is 5.97 Å². The molecule has 0 fully saturated rings. The van der Waals surface area contributed by atoms with Crippen molar-refractivity contribution in [3.05, 3.63) is 29.4 Å². The van der Waals surface area contributed by atoms with Gasteiger partial charge in [0.2, 0.25) is 11.1 Å². The van der Waals surface area contributed by atoms with E-state index in [1.807, 2.05) is 0 Å². The summed E-state index contributed by atoms with van der Waals surface area (Å²) in [6, 6.07) is 3.50. The fraction of sp³-hybridized carbons (Fsp3) is 0.222. The van der Waals surface area contributed by atoms with Gasteiger partial charge in [0.1, 0.15) is 5.65 Å². The van der Waals surface area contributed by atoms with E-state index >= 15 is 0 Å². The number of hydrogen-bond acceptors (Lipinski definition) is 4. The Hall–Kier alpha value is -1.62. The third-order valence-electron chi connectivity index (χ3n) is 1.80. The van der Waals surface area contributed by atoms with Crippen LogP contribution in [0.4, 0.5) is 0 Å². The van der Waals surface area contributed by atoms with Crippen LogP contribution in [0, 0.1) is 0 Å². The zero-order valence-electron chi connectivity index (χ0n) is 7.98. The maximum atomic E-state index is 11.3. The molecule has 0 radical (unpaired) electrons. The number of carbonyl (C=O) groups is 1. The first kappa shape index (κ1) is 9.92. The van der Waals surface area contributed by atoms with Crippen molar-refractivity contribution in [2.24, 2.45) is 0 Å². The molecule has 2 aromatic heterocycles. The van der Waals surface area contributed by atoms with Gasteiger partial charge in [-0.05, 0) is 30.7 Å². The molecule has 2 aromatic rings. The van der Waals surface area contributed by atoms with E-state index < -0.39 is 5.97 Å². The summed E-state index contributed by atoms with van der Waals surface area (Å²) in [7, 11) is 0. The summed E-state index contributed by atoms with van der Waals surface area (Å²) in [5.74, 6) is -0.587. The lowest BCUT2D eigenvalue weighted by atomic mass is 10.6. The molecule has 0 aliphatic rings. The smallest absolute Gasteiger partial charge is 0.376 e. The molecule has 0 N–H and O–H groups in total. The Bertz CT molecular complexity index is 509. The number of hydrogen-bond donors (Lipinski definition) is 0. The molecule has 5 nitrogen and oxygen atoms in total. The topological polar surface area (TPSA) is 56.5 Å². The van der Waals surface area contributed by atoms with E-state index in [2.05, 4.69) is 9.97 Å². The molecule has 0 aromatic carbocycles. The minimum atomic E-state index is -0.567. The van der Waals surface area contributed by atoms with Gasteiger partial charge < -0.3 is 4.74 Å². The second kappa shape index (κ2) is 3.86. The van der Waals surface area contributed by atoms with Crippen LogP contribution in [0.5, 0.6) is 0 Å². The molecule has 0 aliphatic carbocycles. The number of halogens is 1. The van der Waals surface area contributed by atoms with Crippen molar-refractivity contribution in [3.8, 4) is 0 Å². The zero-order valence-corrected chi connectivity index (χ0v) is 8.73. The Morgan fingerprint density at radius 1 is 1.60 bits per heavy atom. The Morgan fingerprint density at radius 3 is 3.13 bits per heavy atom. The van der Waals surface area contributed by atoms with Crippen molar-refractivity contribution in [2.45, 2.75) is 6.92 Å². The Morgan fingerprint density at radius 2 is 2.40 bits per heavy atom. The molecule has 0 amide bonds. The lowest BCUT2D eigenvalue weighted by molar-refractivity contribution is 0.0512. The molecule has 15 heavy (non-hydrogen) atoms. The third-order valence-corrected chi connectivity index (χ3v) is 2.07. The van der Waals surface area contributed by atoms with Crippen LogP contribution < -0.4 is 0 Å². The SMILES string of the molecule is CCOC(=O)c1nc(Cl)n2cccc2n1. The van der Waals surface area contributed by atoms with Crippen LogP contribution in [0.1, 0.15) is 17.5 Å². The van der Waals surface area contributed by atoms with Gasteiger partial charge in [0.05, 0.1) is 6.61 Å². The first-order chi connectivity index (χ1) is 7.22. The standard InChI is InChI=1S/C9H8ClN3O2/c1-2-15-8(14)7-11-6-4-3-5-13(6)9(10)12-7/h3-5H,2H2,1H3. The summed E-state index contributed by atoms with van der Waals surface area (Å²) in [5, 5.41) is 0.188. The van der Waals surface area contributed by atoms with Crippen LogP contribution in [-0.4, -0.2) is 26.9 Å². The van der Waals surface area contributed by atoms with E-state index in [1.165, 1.54) is 0 Å². The fourth-order valence-corrected chi connectivity index (χ4v) is 1.40. The fourth-order valence-electron chi connectivity index (χ4n) is 1.18. The highest BCUT2D eigenvalue weighted by Gasteiger charge is 2.13. The number of aromatic nitrogens is 3. The van der Waals surface area contributed by atoms with Crippen molar-refractivity contribution < 1.29 is 9.53 Å². The second-order valence-electron chi connectivity index (χ2n) is 2.77. The normalized spacial score (nSPS) is 10.5. The first-order valence-electron chi connectivity index (χ1n) is 4.40. The molecule has 0 bridgehead atoms. The summed E-state index contributed by atoms with van der Waals surface area (Å²) in [5.41, 5.74) is 0.568. The molecule has 0 saturated carbocycles. The molecule has 6 heteroatoms. The number of fused-ring (bicyclic) bond motifs is 1. The van der Waals surface area contributed by atoms with Crippen LogP contribution in [0.15, 0.2) is 18.3 Å². The average Bonchev–Trinajstić information content (AvgIpc) is 2.66. The Labute approximate surface area is 90.7 Å². The summed E-state index contributed by atoms with van der Waals surface area (Å²) in [4.78, 5) is 19.2. The molecule has 0 atom stereocenters.